The zero-order valence-corrected chi connectivity index (χ0v) is 18.2. The summed E-state index contributed by atoms with van der Waals surface area (Å²) in [5, 5.41) is 13.8. The predicted molar refractivity (Wildman–Crippen MR) is 109 cm³/mol. The molecule has 2 aromatic heterocycles. The molecular weight excluding hydrogens is 413 g/mol. The summed E-state index contributed by atoms with van der Waals surface area (Å²) in [7, 11) is 0. The molecule has 170 valence electrons. The van der Waals surface area contributed by atoms with E-state index >= 15 is 0 Å². The molecule has 0 saturated carbocycles. The molecule has 10 heteroatoms. The van der Waals surface area contributed by atoms with E-state index in [1.54, 1.807) is 0 Å². The van der Waals surface area contributed by atoms with Crippen LogP contribution in [0.3, 0.4) is 0 Å². The minimum absolute atomic E-state index is 0.0260. The van der Waals surface area contributed by atoms with E-state index in [0.29, 0.717) is 24.1 Å². The van der Waals surface area contributed by atoms with Crippen LogP contribution in [0.5, 0.6) is 5.88 Å². The lowest BCUT2D eigenvalue weighted by atomic mass is 9.94. The fraction of sp³-hybridized carbons (Fsp3) is 0.571. The Hall–Kier alpha value is -2.78. The van der Waals surface area contributed by atoms with Crippen LogP contribution < -0.4 is 9.64 Å². The van der Waals surface area contributed by atoms with Crippen molar-refractivity contribution < 1.29 is 27.8 Å². The molecule has 0 aliphatic carbocycles. The maximum atomic E-state index is 13.0. The Morgan fingerprint density at radius 3 is 2.52 bits per heavy atom. The van der Waals surface area contributed by atoms with E-state index < -0.39 is 24.2 Å². The number of anilines is 1. The molecule has 0 radical (unpaired) electrons. The first-order chi connectivity index (χ1) is 14.2. The van der Waals surface area contributed by atoms with Crippen molar-refractivity contribution in [3.63, 3.8) is 0 Å². The van der Waals surface area contributed by atoms with Crippen LogP contribution in [0.4, 0.5) is 19.0 Å². The van der Waals surface area contributed by atoms with Gasteiger partial charge in [0.05, 0.1) is 5.41 Å². The van der Waals surface area contributed by atoms with Crippen LogP contribution in [0.15, 0.2) is 24.4 Å². The normalized spacial score (nSPS) is 19.0. The number of ether oxygens (including phenoxy) is 1. The topological polar surface area (TPSA) is 80.5 Å². The highest BCUT2D eigenvalue weighted by molar-refractivity contribution is 5.93. The van der Waals surface area contributed by atoms with Gasteiger partial charge in [0.2, 0.25) is 5.88 Å². The van der Waals surface area contributed by atoms with Crippen molar-refractivity contribution in [2.45, 2.75) is 52.8 Å². The summed E-state index contributed by atoms with van der Waals surface area (Å²) in [6, 6.07) is 4.42. The van der Waals surface area contributed by atoms with Crippen molar-refractivity contribution >= 4 is 11.8 Å². The number of hydrogen-bond acceptors (Lipinski definition) is 5. The van der Waals surface area contributed by atoms with Gasteiger partial charge < -0.3 is 14.7 Å². The van der Waals surface area contributed by atoms with Crippen LogP contribution in [0.1, 0.15) is 51.4 Å². The highest BCUT2D eigenvalue weighted by Gasteiger charge is 2.48. The van der Waals surface area contributed by atoms with Crippen molar-refractivity contribution in [2.24, 2.45) is 11.3 Å². The van der Waals surface area contributed by atoms with Crippen molar-refractivity contribution in [1.82, 2.24) is 14.8 Å². The number of halogens is 3. The Morgan fingerprint density at radius 1 is 1.29 bits per heavy atom. The van der Waals surface area contributed by atoms with Gasteiger partial charge >= 0.3 is 12.1 Å². The summed E-state index contributed by atoms with van der Waals surface area (Å²) in [5.74, 6) is 0.0148. The number of carbonyl (C=O) groups is 1. The molecule has 1 N–H and O–H groups in total. The van der Waals surface area contributed by atoms with Gasteiger partial charge in [0.25, 0.3) is 0 Å². The first-order valence-corrected chi connectivity index (χ1v) is 9.99. The Kier molecular flexibility index (Phi) is 5.70. The molecular formula is C21H27F3N4O3. The number of aromatic nitrogens is 3. The third-order valence-electron chi connectivity index (χ3n) is 5.57. The maximum Gasteiger partial charge on any atom is 0.397 e. The summed E-state index contributed by atoms with van der Waals surface area (Å²) in [6.07, 6.45) is -1.99. The Balaban J connectivity index is 1.89. The van der Waals surface area contributed by atoms with Gasteiger partial charge in [-0.05, 0) is 52.2 Å². The number of alkyl halides is 3. The monoisotopic (exact) mass is 440 g/mol. The van der Waals surface area contributed by atoms with Crippen molar-refractivity contribution in [1.29, 1.82) is 0 Å². The molecule has 0 aromatic carbocycles. The first kappa shape index (κ1) is 22.9. The number of hydrogen-bond donors (Lipinski definition) is 1. The average molecular weight is 440 g/mol. The second-order valence-corrected chi connectivity index (χ2v) is 9.35. The van der Waals surface area contributed by atoms with Gasteiger partial charge in [-0.2, -0.15) is 13.2 Å². The first-order valence-electron chi connectivity index (χ1n) is 9.99. The molecule has 1 aliphatic heterocycles. The van der Waals surface area contributed by atoms with E-state index in [9.17, 15) is 23.1 Å². The van der Waals surface area contributed by atoms with Crippen LogP contribution in [0.2, 0.25) is 0 Å². The third-order valence-corrected chi connectivity index (χ3v) is 5.57. The molecule has 1 fully saturated rings. The Morgan fingerprint density at radius 2 is 1.97 bits per heavy atom. The number of carboxylic acids is 1. The molecule has 3 rings (SSSR count). The summed E-state index contributed by atoms with van der Waals surface area (Å²) in [4.78, 5) is 18.3. The fourth-order valence-electron chi connectivity index (χ4n) is 3.75. The minimum Gasteiger partial charge on any atom is -0.478 e. The lowest BCUT2D eigenvalue weighted by Gasteiger charge is -2.33. The summed E-state index contributed by atoms with van der Waals surface area (Å²) in [6.45, 7) is 8.39. The molecule has 1 aliphatic rings. The molecule has 0 bridgehead atoms. The maximum absolute atomic E-state index is 13.0. The smallest absolute Gasteiger partial charge is 0.397 e. The molecule has 1 saturated heterocycles. The second kappa shape index (κ2) is 7.72. The molecule has 3 heterocycles. The number of rotatable bonds is 6. The van der Waals surface area contributed by atoms with Crippen LogP contribution in [-0.2, 0) is 0 Å². The van der Waals surface area contributed by atoms with Gasteiger partial charge in [0.15, 0.2) is 5.82 Å². The fourth-order valence-corrected chi connectivity index (χ4v) is 3.75. The van der Waals surface area contributed by atoms with Gasteiger partial charge in [-0.25, -0.2) is 14.5 Å². The van der Waals surface area contributed by atoms with Gasteiger partial charge in [0, 0.05) is 24.3 Å². The quantitative estimate of drug-likeness (QED) is 0.710. The van der Waals surface area contributed by atoms with E-state index in [-0.39, 0.29) is 17.0 Å². The lowest BCUT2D eigenvalue weighted by Crippen LogP contribution is -2.39. The summed E-state index contributed by atoms with van der Waals surface area (Å²) >= 11 is 0. The summed E-state index contributed by atoms with van der Waals surface area (Å²) < 4.78 is 45.7. The highest BCUT2D eigenvalue weighted by Crippen LogP contribution is 2.39. The summed E-state index contributed by atoms with van der Waals surface area (Å²) in [5.41, 5.74) is -2.21. The highest BCUT2D eigenvalue weighted by atomic mass is 19.4. The lowest BCUT2D eigenvalue weighted by molar-refractivity contribution is -0.219. The number of nitrogens with zero attached hydrogens (tertiary/aromatic N) is 4. The second-order valence-electron chi connectivity index (χ2n) is 9.35. The number of aromatic carboxylic acids is 1. The molecule has 0 amide bonds. The van der Waals surface area contributed by atoms with Crippen molar-refractivity contribution in [3.05, 3.63) is 30.0 Å². The zero-order valence-electron chi connectivity index (χ0n) is 18.2. The van der Waals surface area contributed by atoms with E-state index in [1.165, 1.54) is 29.1 Å². The van der Waals surface area contributed by atoms with E-state index in [1.807, 2.05) is 18.7 Å². The molecule has 2 aromatic rings. The van der Waals surface area contributed by atoms with Crippen LogP contribution in [-0.4, -0.2) is 50.7 Å². The molecule has 31 heavy (non-hydrogen) atoms. The molecule has 0 spiro atoms. The molecule has 7 nitrogen and oxygen atoms in total. The minimum atomic E-state index is -4.40. The molecule has 1 atom stereocenters. The van der Waals surface area contributed by atoms with Gasteiger partial charge in [0.1, 0.15) is 18.0 Å². The third kappa shape index (κ3) is 4.62. The van der Waals surface area contributed by atoms with Gasteiger partial charge in [-0.3, -0.25) is 0 Å². The van der Waals surface area contributed by atoms with Gasteiger partial charge in [-0.1, -0.05) is 6.92 Å². The van der Waals surface area contributed by atoms with Gasteiger partial charge in [-0.15, -0.1) is 5.10 Å². The van der Waals surface area contributed by atoms with Crippen LogP contribution in [0.25, 0.3) is 5.82 Å². The number of pyridine rings is 1. The standard InChI is InChI=1S/C21H27F3N4O3/c1-13-10-20(4,5)27(11-13)17-14(18(29)30)6-7-15(25-17)28-9-8-16(26-28)31-12-19(2,3)21(22,23)24/h6-9,13H,10-12H2,1-5H3,(H,29,30)/t13-/m0/s1. The van der Waals surface area contributed by atoms with Crippen LogP contribution >= 0.6 is 0 Å². The van der Waals surface area contributed by atoms with Crippen molar-refractivity contribution in [3.8, 4) is 11.7 Å². The zero-order chi connectivity index (χ0) is 23.2. The largest absolute Gasteiger partial charge is 0.478 e. The van der Waals surface area contributed by atoms with E-state index in [0.717, 1.165) is 20.3 Å². The van der Waals surface area contributed by atoms with E-state index in [4.69, 9.17) is 4.74 Å². The SMILES string of the molecule is C[C@@H]1CN(c2nc(-n3ccc(OCC(C)(C)C(F)(F)F)n3)ccc2C(=O)O)C(C)(C)C1. The predicted octanol–water partition coefficient (Wildman–Crippen LogP) is 4.56. The average Bonchev–Trinajstić information content (AvgIpc) is 3.21. The van der Waals surface area contributed by atoms with Crippen LogP contribution in [0, 0.1) is 11.3 Å². The number of carboxylic acid groups (broad SMARTS) is 1. The Bertz CT molecular complexity index is 969. The van der Waals surface area contributed by atoms with Crippen molar-refractivity contribution in [2.75, 3.05) is 18.1 Å². The Labute approximate surface area is 178 Å². The van der Waals surface area contributed by atoms with E-state index in [2.05, 4.69) is 17.0 Å². The molecule has 0 unspecified atom stereocenters.